The number of hydrogen-bond donors (Lipinski definition) is 0. The lowest BCUT2D eigenvalue weighted by Crippen LogP contribution is -2.24. The van der Waals surface area contributed by atoms with Gasteiger partial charge >= 0.3 is 6.18 Å². The van der Waals surface area contributed by atoms with Gasteiger partial charge in [-0.3, -0.25) is 0 Å². The average molecular weight is 141 g/mol. The number of halogens is 3. The standard InChI is InChI=1S/C5H10F3N/c1-9(2)4-3-5(6,7)8/h3-4H2,1-2H3/q+1. The van der Waals surface area contributed by atoms with Crippen LogP contribution in [0.5, 0.6) is 0 Å². The van der Waals surface area contributed by atoms with E-state index < -0.39 is 12.6 Å². The van der Waals surface area contributed by atoms with Gasteiger partial charge in [0.2, 0.25) is 0 Å². The SMILES string of the molecule is C[N+](C)CCC(F)(F)F. The third-order valence-corrected chi connectivity index (χ3v) is 0.842. The Kier molecular flexibility index (Phi) is 2.97. The van der Waals surface area contributed by atoms with Crippen molar-refractivity contribution in [1.29, 1.82) is 0 Å². The van der Waals surface area contributed by atoms with Gasteiger partial charge in [-0.15, -0.1) is 0 Å². The molecule has 0 aliphatic heterocycles. The molecule has 0 amide bonds. The van der Waals surface area contributed by atoms with E-state index in [0.717, 1.165) is 0 Å². The van der Waals surface area contributed by atoms with Crippen molar-refractivity contribution in [2.75, 3.05) is 20.6 Å². The van der Waals surface area contributed by atoms with Crippen LogP contribution < -0.4 is 4.90 Å². The van der Waals surface area contributed by atoms with Crippen LogP contribution in [-0.2, 0) is 0 Å². The van der Waals surface area contributed by atoms with E-state index in [4.69, 9.17) is 0 Å². The minimum Gasteiger partial charge on any atom is -0.175 e. The highest BCUT2D eigenvalue weighted by Gasteiger charge is 2.28. The first-order valence-electron chi connectivity index (χ1n) is 2.63. The molecular weight excluding hydrogens is 131 g/mol. The van der Waals surface area contributed by atoms with Crippen molar-refractivity contribution in [3.63, 3.8) is 0 Å². The highest BCUT2D eigenvalue weighted by atomic mass is 19.4. The molecule has 0 fully saturated rings. The lowest BCUT2D eigenvalue weighted by atomic mass is 10.4. The van der Waals surface area contributed by atoms with Gasteiger partial charge in [0.25, 0.3) is 0 Å². The second kappa shape index (κ2) is 3.06. The largest absolute Gasteiger partial charge is 0.394 e. The van der Waals surface area contributed by atoms with E-state index in [1.165, 1.54) is 4.90 Å². The molecule has 0 aromatic carbocycles. The van der Waals surface area contributed by atoms with E-state index >= 15 is 0 Å². The van der Waals surface area contributed by atoms with Crippen LogP contribution in [0.2, 0.25) is 0 Å². The highest BCUT2D eigenvalue weighted by Crippen LogP contribution is 2.18. The molecule has 1 radical (unpaired) electrons. The molecule has 0 saturated heterocycles. The molecule has 0 unspecified atom stereocenters. The second-order valence-electron chi connectivity index (χ2n) is 2.17. The van der Waals surface area contributed by atoms with E-state index in [-0.39, 0.29) is 6.54 Å². The van der Waals surface area contributed by atoms with Gasteiger partial charge < -0.3 is 0 Å². The first-order valence-corrected chi connectivity index (χ1v) is 2.63. The van der Waals surface area contributed by atoms with Gasteiger partial charge in [-0.25, -0.2) is 0 Å². The van der Waals surface area contributed by atoms with Gasteiger partial charge in [0.1, 0.15) is 20.6 Å². The normalized spacial score (nSPS) is 12.7. The summed E-state index contributed by atoms with van der Waals surface area (Å²) < 4.78 is 34.2. The van der Waals surface area contributed by atoms with Crippen molar-refractivity contribution in [3.8, 4) is 0 Å². The Hall–Kier alpha value is -0.250. The van der Waals surface area contributed by atoms with Crippen molar-refractivity contribution in [3.05, 3.63) is 0 Å². The summed E-state index contributed by atoms with van der Waals surface area (Å²) in [5, 5.41) is 0. The zero-order valence-corrected chi connectivity index (χ0v) is 5.50. The van der Waals surface area contributed by atoms with Crippen molar-refractivity contribution in [2.45, 2.75) is 12.6 Å². The molecule has 1 nitrogen and oxygen atoms in total. The summed E-state index contributed by atoms with van der Waals surface area (Å²) in [7, 11) is 3.23. The van der Waals surface area contributed by atoms with E-state index in [0.29, 0.717) is 0 Å². The molecule has 0 atom stereocenters. The molecule has 0 heterocycles. The minimum atomic E-state index is -4.01. The first-order chi connectivity index (χ1) is 3.92. The molecule has 0 bridgehead atoms. The Bertz CT molecular complexity index is 76.8. The van der Waals surface area contributed by atoms with Gasteiger partial charge in [-0.1, -0.05) is 0 Å². The van der Waals surface area contributed by atoms with Gasteiger partial charge in [-0.05, 0) is 0 Å². The summed E-state index contributed by atoms with van der Waals surface area (Å²) in [5.41, 5.74) is 0. The minimum absolute atomic E-state index is 0.0729. The zero-order chi connectivity index (χ0) is 7.49. The van der Waals surface area contributed by atoms with Crippen LogP contribution in [-0.4, -0.2) is 26.8 Å². The summed E-state index contributed by atoms with van der Waals surface area (Å²) >= 11 is 0. The molecule has 9 heavy (non-hydrogen) atoms. The predicted octanol–water partition coefficient (Wildman–Crippen LogP) is 1.34. The number of alkyl halides is 3. The van der Waals surface area contributed by atoms with E-state index in [1.54, 1.807) is 14.1 Å². The molecule has 55 valence electrons. The molecule has 0 aromatic heterocycles. The Labute approximate surface area is 52.5 Å². The van der Waals surface area contributed by atoms with Crippen molar-refractivity contribution < 1.29 is 13.2 Å². The third-order valence-electron chi connectivity index (χ3n) is 0.842. The summed E-state index contributed by atoms with van der Waals surface area (Å²) in [5.74, 6) is 0. The molecule has 0 saturated carbocycles. The van der Waals surface area contributed by atoms with Crippen molar-refractivity contribution >= 4 is 0 Å². The van der Waals surface area contributed by atoms with Crippen LogP contribution in [0.3, 0.4) is 0 Å². The van der Waals surface area contributed by atoms with Gasteiger partial charge in [0, 0.05) is 0 Å². The number of nitrogens with zero attached hydrogens (tertiary/aromatic N) is 1. The highest BCUT2D eigenvalue weighted by molar-refractivity contribution is 4.55. The Morgan fingerprint density at radius 1 is 1.22 bits per heavy atom. The van der Waals surface area contributed by atoms with Crippen LogP contribution in [0.4, 0.5) is 13.2 Å². The van der Waals surface area contributed by atoms with Gasteiger partial charge in [0.15, 0.2) is 0 Å². The topological polar surface area (TPSA) is 5.90 Å². The van der Waals surface area contributed by atoms with Crippen LogP contribution in [0, 0.1) is 0 Å². The van der Waals surface area contributed by atoms with Crippen molar-refractivity contribution in [2.24, 2.45) is 0 Å². The molecule has 0 aliphatic rings. The molecule has 0 aromatic rings. The van der Waals surface area contributed by atoms with E-state index in [2.05, 4.69) is 0 Å². The Balaban J connectivity index is 3.28. The molecule has 0 N–H and O–H groups in total. The van der Waals surface area contributed by atoms with Crippen LogP contribution in [0.15, 0.2) is 0 Å². The quantitative estimate of drug-likeness (QED) is 0.512. The van der Waals surface area contributed by atoms with Crippen LogP contribution in [0.1, 0.15) is 6.42 Å². The van der Waals surface area contributed by atoms with Crippen molar-refractivity contribution in [1.82, 2.24) is 4.90 Å². The maximum atomic E-state index is 11.4. The summed E-state index contributed by atoms with van der Waals surface area (Å²) in [6, 6.07) is 0. The summed E-state index contributed by atoms with van der Waals surface area (Å²) in [6.45, 7) is 0.0729. The maximum absolute atomic E-state index is 11.4. The third kappa shape index (κ3) is 7.75. The van der Waals surface area contributed by atoms with Gasteiger partial charge in [0.05, 0.1) is 6.42 Å². The summed E-state index contributed by atoms with van der Waals surface area (Å²) in [4.78, 5) is 1.51. The number of rotatable bonds is 2. The summed E-state index contributed by atoms with van der Waals surface area (Å²) in [6.07, 6.45) is -4.73. The maximum Gasteiger partial charge on any atom is 0.394 e. The Morgan fingerprint density at radius 2 is 1.67 bits per heavy atom. The number of hydrogen-bond acceptors (Lipinski definition) is 1. The molecule has 0 aliphatic carbocycles. The lowest BCUT2D eigenvalue weighted by molar-refractivity contribution is -0.134. The monoisotopic (exact) mass is 141 g/mol. The lowest BCUT2D eigenvalue weighted by Gasteiger charge is -2.03. The fourth-order valence-electron chi connectivity index (χ4n) is 0.350. The zero-order valence-electron chi connectivity index (χ0n) is 5.50. The second-order valence-corrected chi connectivity index (χ2v) is 2.17. The molecule has 0 rings (SSSR count). The van der Waals surface area contributed by atoms with Crippen LogP contribution >= 0.6 is 0 Å². The first kappa shape index (κ1) is 8.75. The predicted molar refractivity (Wildman–Crippen MR) is 29.5 cm³/mol. The smallest absolute Gasteiger partial charge is 0.175 e. The van der Waals surface area contributed by atoms with Gasteiger partial charge in [-0.2, -0.15) is 18.1 Å². The molecular formula is C5H10F3N+. The fourth-order valence-corrected chi connectivity index (χ4v) is 0.350. The van der Waals surface area contributed by atoms with Crippen LogP contribution in [0.25, 0.3) is 0 Å². The Morgan fingerprint density at radius 3 is 1.78 bits per heavy atom. The van der Waals surface area contributed by atoms with E-state index in [1.807, 2.05) is 0 Å². The average Bonchev–Trinajstić information content (AvgIpc) is 1.59. The molecule has 0 spiro atoms. The molecule has 4 heteroatoms. The van der Waals surface area contributed by atoms with E-state index in [9.17, 15) is 13.2 Å². The fraction of sp³-hybridized carbons (Fsp3) is 1.00.